The number of carbonyl (C=O) groups excluding carboxylic acids is 2. The monoisotopic (exact) mass is 245 g/mol. The van der Waals surface area contributed by atoms with Gasteiger partial charge in [-0.05, 0) is 13.5 Å². The van der Waals surface area contributed by atoms with Crippen LogP contribution in [0.15, 0.2) is 24.3 Å². The van der Waals surface area contributed by atoms with E-state index in [0.717, 1.165) is 20.3 Å². The molecular weight excluding hydrogens is 222 g/mol. The summed E-state index contributed by atoms with van der Waals surface area (Å²) < 4.78 is 0. The fourth-order valence-corrected chi connectivity index (χ4v) is 0.510. The number of rotatable bonds is 0. The molecule has 1 aliphatic carbocycles. The zero-order chi connectivity index (χ0) is 14.1. The van der Waals surface area contributed by atoms with E-state index in [1.165, 1.54) is 7.05 Å². The van der Waals surface area contributed by atoms with Crippen molar-refractivity contribution in [1.82, 2.24) is 0 Å². The van der Waals surface area contributed by atoms with E-state index in [0.29, 0.717) is 0 Å². The normalized spacial score (nSPS) is 9.53. The maximum absolute atomic E-state index is 9.85. The van der Waals surface area contributed by atoms with E-state index in [9.17, 15) is 9.59 Å². The van der Waals surface area contributed by atoms with Crippen molar-refractivity contribution in [2.75, 3.05) is 7.05 Å². The van der Waals surface area contributed by atoms with Crippen LogP contribution in [0.25, 0.3) is 0 Å². The molecule has 17 heavy (non-hydrogen) atoms. The Balaban J connectivity index is -0.000000186. The molecular formula is C12H23NO4. The van der Waals surface area contributed by atoms with Crippen LogP contribution in [0.3, 0.4) is 0 Å². The molecule has 0 fully saturated rings. The van der Waals surface area contributed by atoms with Gasteiger partial charge in [0.25, 0.3) is 0 Å². The first-order valence-corrected chi connectivity index (χ1v) is 5.38. The van der Waals surface area contributed by atoms with E-state index < -0.39 is 11.9 Å². The third-order valence-corrected chi connectivity index (χ3v) is 0.932. The first kappa shape index (κ1) is 20.8. The molecule has 1 aliphatic rings. The smallest absolute Gasteiger partial charge is 0.333 e. The summed E-state index contributed by atoms with van der Waals surface area (Å²) in [5.41, 5.74) is 4.50. The third-order valence-electron chi connectivity index (χ3n) is 0.932. The van der Waals surface area contributed by atoms with Crippen LogP contribution < -0.4 is 5.73 Å². The number of nitrogens with two attached hydrogens (primary N) is 1. The lowest BCUT2D eigenvalue weighted by molar-refractivity contribution is -0.255. The molecule has 0 spiro atoms. The van der Waals surface area contributed by atoms with Gasteiger partial charge in [-0.15, -0.1) is 0 Å². The Hall–Kier alpha value is -1.62. The summed E-state index contributed by atoms with van der Waals surface area (Å²) in [6.45, 7) is 6.28. The molecule has 5 heteroatoms. The summed E-state index contributed by atoms with van der Waals surface area (Å²) in [6, 6.07) is 0. The van der Waals surface area contributed by atoms with E-state index in [2.05, 4.69) is 39.8 Å². The van der Waals surface area contributed by atoms with Gasteiger partial charge in [0.05, 0.1) is 0 Å². The molecule has 0 unspecified atom stereocenters. The van der Waals surface area contributed by atoms with Crippen molar-refractivity contribution in [3.05, 3.63) is 24.3 Å². The second-order valence-electron chi connectivity index (χ2n) is 2.24. The minimum absolute atomic E-state index is 0.639. The van der Waals surface area contributed by atoms with Crippen LogP contribution in [0.4, 0.5) is 0 Å². The average molecular weight is 245 g/mol. The zero-order valence-corrected chi connectivity index (χ0v) is 11.2. The van der Waals surface area contributed by atoms with Gasteiger partial charge < -0.3 is 5.73 Å². The van der Waals surface area contributed by atoms with Crippen LogP contribution in [0.2, 0.25) is 0 Å². The molecule has 0 amide bonds. The molecule has 0 heterocycles. The van der Waals surface area contributed by atoms with E-state index in [4.69, 9.17) is 0 Å². The van der Waals surface area contributed by atoms with Crippen molar-refractivity contribution < 1.29 is 19.4 Å². The molecule has 1 rings (SSSR count). The van der Waals surface area contributed by atoms with Gasteiger partial charge in [0.2, 0.25) is 0 Å². The lowest BCUT2D eigenvalue weighted by Gasteiger charge is -1.93. The molecule has 0 aromatic heterocycles. The van der Waals surface area contributed by atoms with Crippen molar-refractivity contribution in [3.63, 3.8) is 0 Å². The van der Waals surface area contributed by atoms with E-state index in [1.807, 2.05) is 13.8 Å². The van der Waals surface area contributed by atoms with Gasteiger partial charge in [-0.2, -0.15) is 0 Å². The standard InChI is InChI=1S/C5H6.C4H6O4.C2H6.CH5N/c1-2-4-5-3-1;1-3(5)7-8-4(2)6;2*1-2/h1-4H,5H2;1-2H3;1-2H3;2H2,1H3. The van der Waals surface area contributed by atoms with Crippen molar-refractivity contribution in [2.24, 2.45) is 5.73 Å². The maximum atomic E-state index is 9.85. The summed E-state index contributed by atoms with van der Waals surface area (Å²) in [6.07, 6.45) is 9.50. The fourth-order valence-electron chi connectivity index (χ4n) is 0.510. The quantitative estimate of drug-likeness (QED) is 0.522. The highest BCUT2D eigenvalue weighted by molar-refractivity contribution is 5.69. The van der Waals surface area contributed by atoms with E-state index in [-0.39, 0.29) is 0 Å². The molecule has 0 radical (unpaired) electrons. The predicted octanol–water partition coefficient (Wildman–Crippen LogP) is 2.13. The van der Waals surface area contributed by atoms with Gasteiger partial charge in [-0.25, -0.2) is 19.4 Å². The Morgan fingerprint density at radius 1 is 0.941 bits per heavy atom. The van der Waals surface area contributed by atoms with Crippen LogP contribution in [0.5, 0.6) is 0 Å². The molecule has 2 N–H and O–H groups in total. The first-order valence-electron chi connectivity index (χ1n) is 5.38. The molecule has 100 valence electrons. The molecule has 5 nitrogen and oxygen atoms in total. The van der Waals surface area contributed by atoms with E-state index in [1.54, 1.807) is 0 Å². The minimum atomic E-state index is -0.639. The molecule has 0 bridgehead atoms. The van der Waals surface area contributed by atoms with Crippen molar-refractivity contribution in [1.29, 1.82) is 0 Å². The molecule has 0 saturated heterocycles. The molecule has 0 atom stereocenters. The van der Waals surface area contributed by atoms with Crippen LogP contribution >= 0.6 is 0 Å². The van der Waals surface area contributed by atoms with Gasteiger partial charge >= 0.3 is 11.9 Å². The molecule has 0 aromatic rings. The molecule has 0 aliphatic heterocycles. The van der Waals surface area contributed by atoms with Gasteiger partial charge in [-0.3, -0.25) is 0 Å². The summed E-state index contributed by atoms with van der Waals surface area (Å²) in [5.74, 6) is -1.28. The number of hydrogen-bond acceptors (Lipinski definition) is 5. The van der Waals surface area contributed by atoms with Gasteiger partial charge in [0.15, 0.2) is 0 Å². The highest BCUT2D eigenvalue weighted by atomic mass is 17.2. The Bertz CT molecular complexity index is 211. The minimum Gasteiger partial charge on any atom is -0.333 e. The highest BCUT2D eigenvalue weighted by Crippen LogP contribution is 1.93. The van der Waals surface area contributed by atoms with Crippen LogP contribution in [-0.4, -0.2) is 19.0 Å². The number of hydrogen-bond donors (Lipinski definition) is 1. The topological polar surface area (TPSA) is 78.6 Å². The SMILES string of the molecule is C1=CCC=C1.CC.CC(=O)OOC(C)=O.CN. The lowest BCUT2D eigenvalue weighted by atomic mass is 10.5. The largest absolute Gasteiger partial charge is 0.352 e. The van der Waals surface area contributed by atoms with Gasteiger partial charge in [-0.1, -0.05) is 38.2 Å². The average Bonchev–Trinajstić information content (AvgIpc) is 2.90. The maximum Gasteiger partial charge on any atom is 0.352 e. The van der Waals surface area contributed by atoms with Gasteiger partial charge in [0, 0.05) is 13.8 Å². The Kier molecular flexibility index (Phi) is 24.3. The Morgan fingerprint density at radius 2 is 1.24 bits per heavy atom. The van der Waals surface area contributed by atoms with Crippen molar-refractivity contribution in [3.8, 4) is 0 Å². The van der Waals surface area contributed by atoms with E-state index >= 15 is 0 Å². The first-order chi connectivity index (χ1) is 8.13. The summed E-state index contributed by atoms with van der Waals surface area (Å²) in [7, 11) is 1.50. The predicted molar refractivity (Wildman–Crippen MR) is 67.9 cm³/mol. The van der Waals surface area contributed by atoms with Crippen LogP contribution in [0.1, 0.15) is 34.1 Å². The van der Waals surface area contributed by atoms with Gasteiger partial charge in [0.1, 0.15) is 0 Å². The second kappa shape index (κ2) is 19.9. The van der Waals surface area contributed by atoms with Crippen molar-refractivity contribution >= 4 is 11.9 Å². The second-order valence-corrected chi connectivity index (χ2v) is 2.24. The Morgan fingerprint density at radius 3 is 1.35 bits per heavy atom. The lowest BCUT2D eigenvalue weighted by Crippen LogP contribution is -2.03. The summed E-state index contributed by atoms with van der Waals surface area (Å²) in [5, 5.41) is 0. The highest BCUT2D eigenvalue weighted by Gasteiger charge is 1.95. The summed E-state index contributed by atoms with van der Waals surface area (Å²) >= 11 is 0. The zero-order valence-electron chi connectivity index (χ0n) is 11.2. The summed E-state index contributed by atoms with van der Waals surface area (Å²) in [4.78, 5) is 27.3. The molecule has 0 aromatic carbocycles. The van der Waals surface area contributed by atoms with Crippen LogP contribution in [0, 0.1) is 0 Å². The van der Waals surface area contributed by atoms with Crippen molar-refractivity contribution in [2.45, 2.75) is 34.1 Å². The third kappa shape index (κ3) is 31.4. The number of carbonyl (C=O) groups is 2. The Labute approximate surface area is 103 Å². The van der Waals surface area contributed by atoms with Crippen LogP contribution in [-0.2, 0) is 19.4 Å². The molecule has 0 saturated carbocycles. The number of allylic oxidation sites excluding steroid dienone is 4. The fraction of sp³-hybridized carbons (Fsp3) is 0.500.